The summed E-state index contributed by atoms with van der Waals surface area (Å²) in [4.78, 5) is 11.7. The molecular weight excluding hydrogens is 246 g/mol. The van der Waals surface area contributed by atoms with Gasteiger partial charge in [-0.3, -0.25) is 4.79 Å². The Labute approximate surface area is 117 Å². The Kier molecular flexibility index (Phi) is 2.49. The Morgan fingerprint density at radius 2 is 1.80 bits per heavy atom. The van der Waals surface area contributed by atoms with Gasteiger partial charge < -0.3 is 4.57 Å². The van der Waals surface area contributed by atoms with Crippen molar-refractivity contribution >= 4 is 17.2 Å². The van der Waals surface area contributed by atoms with E-state index in [4.69, 9.17) is 0 Å². The quantitative estimate of drug-likeness (QED) is 0.605. The molecule has 0 atom stereocenters. The van der Waals surface area contributed by atoms with Gasteiger partial charge in [-0.15, -0.1) is 0 Å². The molecule has 1 aliphatic rings. The lowest BCUT2D eigenvalue weighted by molar-refractivity contribution is 0.112. The first kappa shape index (κ1) is 11.5. The van der Waals surface area contributed by atoms with Crippen LogP contribution in [0.2, 0.25) is 0 Å². The predicted octanol–water partition coefficient (Wildman–Crippen LogP) is 4.07. The smallest absolute Gasteiger partial charge is 0.152 e. The number of carbonyl (C=O) groups excluding carboxylic acids is 1. The van der Waals surface area contributed by atoms with Crippen LogP contribution in [0.1, 0.15) is 22.3 Å². The van der Waals surface area contributed by atoms with Crippen LogP contribution in [0.5, 0.6) is 0 Å². The van der Waals surface area contributed by atoms with Gasteiger partial charge in [0, 0.05) is 28.6 Å². The first-order chi connectivity index (χ1) is 9.90. The second kappa shape index (κ2) is 4.34. The molecule has 0 amide bonds. The van der Waals surface area contributed by atoms with Crippen molar-refractivity contribution in [1.29, 1.82) is 0 Å². The van der Waals surface area contributed by atoms with Crippen molar-refractivity contribution in [2.75, 3.05) is 0 Å². The lowest BCUT2D eigenvalue weighted by Crippen LogP contribution is -1.98. The van der Waals surface area contributed by atoms with Gasteiger partial charge in [0.1, 0.15) is 0 Å². The third kappa shape index (κ3) is 1.48. The molecular formula is C18H15NO. The highest BCUT2D eigenvalue weighted by molar-refractivity contribution is 6.05. The molecule has 0 N–H and O–H groups in total. The molecule has 1 aliphatic heterocycles. The zero-order valence-electron chi connectivity index (χ0n) is 11.2. The van der Waals surface area contributed by atoms with E-state index in [1.807, 2.05) is 18.2 Å². The molecule has 0 saturated carbocycles. The highest BCUT2D eigenvalue weighted by Crippen LogP contribution is 2.37. The summed E-state index contributed by atoms with van der Waals surface area (Å²) in [7, 11) is 0. The third-order valence-electron chi connectivity index (χ3n) is 4.23. The van der Waals surface area contributed by atoms with Crippen LogP contribution < -0.4 is 0 Å². The fourth-order valence-corrected chi connectivity index (χ4v) is 3.37. The van der Waals surface area contributed by atoms with Gasteiger partial charge in [-0.05, 0) is 24.5 Å². The zero-order valence-corrected chi connectivity index (χ0v) is 11.2. The Balaban J connectivity index is 2.18. The number of aryl methyl sites for hydroxylation is 2. The first-order valence-electron chi connectivity index (χ1n) is 7.05. The van der Waals surface area contributed by atoms with Crippen LogP contribution in [-0.2, 0) is 13.0 Å². The van der Waals surface area contributed by atoms with Gasteiger partial charge in [0.05, 0.1) is 5.69 Å². The molecule has 0 bridgehead atoms. The van der Waals surface area contributed by atoms with E-state index in [1.54, 1.807) is 0 Å². The molecule has 3 aromatic rings. The van der Waals surface area contributed by atoms with Gasteiger partial charge in [0.15, 0.2) is 6.29 Å². The standard InChI is InChI=1S/C18H15NO/c20-12-16-15-9-3-4-10-17(15)19-11-5-7-13-6-1-2-8-14(13)18(16)19/h1-4,6,8-10,12H,5,7,11H2. The van der Waals surface area contributed by atoms with Crippen LogP contribution in [0.4, 0.5) is 0 Å². The summed E-state index contributed by atoms with van der Waals surface area (Å²) in [5, 5.41) is 1.06. The van der Waals surface area contributed by atoms with Crippen molar-refractivity contribution in [3.63, 3.8) is 0 Å². The minimum absolute atomic E-state index is 0.829. The van der Waals surface area contributed by atoms with Crippen LogP contribution in [0, 0.1) is 0 Å². The molecule has 0 aliphatic carbocycles. The fraction of sp³-hybridized carbons (Fsp3) is 0.167. The third-order valence-corrected chi connectivity index (χ3v) is 4.23. The summed E-state index contributed by atoms with van der Waals surface area (Å²) >= 11 is 0. The number of nitrogens with zero attached hydrogens (tertiary/aromatic N) is 1. The van der Waals surface area contributed by atoms with Gasteiger partial charge in [-0.2, -0.15) is 0 Å². The maximum absolute atomic E-state index is 11.7. The van der Waals surface area contributed by atoms with E-state index in [0.717, 1.165) is 42.3 Å². The van der Waals surface area contributed by atoms with Gasteiger partial charge >= 0.3 is 0 Å². The molecule has 0 saturated heterocycles. The first-order valence-corrected chi connectivity index (χ1v) is 7.05. The molecule has 4 rings (SSSR count). The van der Waals surface area contributed by atoms with Gasteiger partial charge in [0.2, 0.25) is 0 Å². The summed E-state index contributed by atoms with van der Waals surface area (Å²) < 4.78 is 2.31. The average Bonchev–Trinajstić information content (AvgIpc) is 2.69. The average molecular weight is 261 g/mol. The van der Waals surface area contributed by atoms with Crippen LogP contribution >= 0.6 is 0 Å². The number of benzene rings is 2. The van der Waals surface area contributed by atoms with Crippen molar-refractivity contribution in [2.45, 2.75) is 19.4 Å². The highest BCUT2D eigenvalue weighted by atomic mass is 16.1. The van der Waals surface area contributed by atoms with Gasteiger partial charge in [0.25, 0.3) is 0 Å². The van der Waals surface area contributed by atoms with E-state index >= 15 is 0 Å². The fourth-order valence-electron chi connectivity index (χ4n) is 3.37. The molecule has 2 heteroatoms. The van der Waals surface area contributed by atoms with Crippen molar-refractivity contribution < 1.29 is 4.79 Å². The largest absolute Gasteiger partial charge is 0.340 e. The van der Waals surface area contributed by atoms with E-state index in [2.05, 4.69) is 34.9 Å². The maximum atomic E-state index is 11.7. The number of hydrogen-bond donors (Lipinski definition) is 0. The van der Waals surface area contributed by atoms with Crippen molar-refractivity contribution in [2.24, 2.45) is 0 Å². The lowest BCUT2D eigenvalue weighted by Gasteiger charge is -2.08. The van der Waals surface area contributed by atoms with E-state index in [-0.39, 0.29) is 0 Å². The normalized spacial score (nSPS) is 13.6. The molecule has 0 spiro atoms. The van der Waals surface area contributed by atoms with Crippen LogP contribution in [0.25, 0.3) is 22.2 Å². The van der Waals surface area contributed by atoms with Crippen LogP contribution in [0.3, 0.4) is 0 Å². The number of fused-ring (bicyclic) bond motifs is 5. The molecule has 0 unspecified atom stereocenters. The number of aldehydes is 1. The molecule has 0 radical (unpaired) electrons. The van der Waals surface area contributed by atoms with Gasteiger partial charge in [-0.25, -0.2) is 0 Å². The van der Waals surface area contributed by atoms with Crippen molar-refractivity contribution in [3.05, 3.63) is 59.7 Å². The summed E-state index contributed by atoms with van der Waals surface area (Å²) in [6, 6.07) is 16.7. The molecule has 2 heterocycles. The molecule has 98 valence electrons. The molecule has 2 nitrogen and oxygen atoms in total. The SMILES string of the molecule is O=Cc1c2n(c3ccccc13)CCCc1ccccc1-2. The van der Waals surface area contributed by atoms with E-state index in [1.165, 1.54) is 16.6 Å². The minimum Gasteiger partial charge on any atom is -0.340 e. The van der Waals surface area contributed by atoms with Gasteiger partial charge in [-0.1, -0.05) is 42.5 Å². The van der Waals surface area contributed by atoms with E-state index in [0.29, 0.717) is 0 Å². The van der Waals surface area contributed by atoms with Crippen molar-refractivity contribution in [3.8, 4) is 11.3 Å². The molecule has 20 heavy (non-hydrogen) atoms. The maximum Gasteiger partial charge on any atom is 0.152 e. The summed E-state index contributed by atoms with van der Waals surface area (Å²) in [5.41, 5.74) is 5.64. The monoisotopic (exact) mass is 261 g/mol. The second-order valence-corrected chi connectivity index (χ2v) is 5.31. The summed E-state index contributed by atoms with van der Waals surface area (Å²) in [5.74, 6) is 0. The topological polar surface area (TPSA) is 22.0 Å². The highest BCUT2D eigenvalue weighted by Gasteiger charge is 2.21. The Bertz CT molecular complexity index is 813. The zero-order chi connectivity index (χ0) is 13.5. The number of carbonyl (C=O) groups is 1. The molecule has 0 fully saturated rings. The predicted molar refractivity (Wildman–Crippen MR) is 81.1 cm³/mol. The Morgan fingerprint density at radius 3 is 2.70 bits per heavy atom. The van der Waals surface area contributed by atoms with Crippen molar-refractivity contribution in [1.82, 2.24) is 4.57 Å². The Hall–Kier alpha value is -2.35. The van der Waals surface area contributed by atoms with E-state index < -0.39 is 0 Å². The van der Waals surface area contributed by atoms with Crippen LogP contribution in [-0.4, -0.2) is 10.9 Å². The number of aromatic nitrogens is 1. The van der Waals surface area contributed by atoms with E-state index in [9.17, 15) is 4.79 Å². The summed E-state index contributed by atoms with van der Waals surface area (Å²) in [6.07, 6.45) is 3.20. The second-order valence-electron chi connectivity index (χ2n) is 5.31. The minimum atomic E-state index is 0.829. The Morgan fingerprint density at radius 1 is 1.00 bits per heavy atom. The molecule has 2 aromatic carbocycles. The number of rotatable bonds is 1. The number of hydrogen-bond acceptors (Lipinski definition) is 1. The lowest BCUT2D eigenvalue weighted by atomic mass is 9.99. The van der Waals surface area contributed by atoms with Crippen LogP contribution in [0.15, 0.2) is 48.5 Å². The number of para-hydroxylation sites is 1. The summed E-state index contributed by atoms with van der Waals surface area (Å²) in [6.45, 7) is 0.971. The molecule has 1 aromatic heterocycles.